The summed E-state index contributed by atoms with van der Waals surface area (Å²) in [6.07, 6.45) is 0. The number of hydrogen-bond donors (Lipinski definition) is 3. The van der Waals surface area contributed by atoms with E-state index in [1.54, 1.807) is 0 Å². The van der Waals surface area contributed by atoms with Crippen molar-refractivity contribution in [2.24, 2.45) is 0 Å². The molecule has 0 aromatic heterocycles. The van der Waals surface area contributed by atoms with Gasteiger partial charge in [0, 0.05) is 58.4 Å². The zero-order valence-corrected chi connectivity index (χ0v) is 23.1. The number of rotatable bonds is 0. The van der Waals surface area contributed by atoms with E-state index < -0.39 is 7.32 Å². The van der Waals surface area contributed by atoms with E-state index in [0.717, 1.165) is 0 Å². The van der Waals surface area contributed by atoms with E-state index in [2.05, 4.69) is 18.2 Å². The van der Waals surface area contributed by atoms with Crippen molar-refractivity contribution in [3.8, 4) is 0 Å². The molecule has 7 heteroatoms. The van der Waals surface area contributed by atoms with Crippen molar-refractivity contribution in [1.82, 2.24) is 0 Å². The predicted octanol–water partition coefficient (Wildman–Crippen LogP) is 2.40. The molecular weight excluding hydrogens is 471 g/mol. The molecule has 3 aromatic rings. The maximum Gasteiger partial charge on any atom is 0.631 e. The van der Waals surface area contributed by atoms with Crippen molar-refractivity contribution in [2.75, 3.05) is 0 Å². The largest absolute Gasteiger partial charge is 0.631 e. The van der Waals surface area contributed by atoms with E-state index in [9.17, 15) is 0 Å². The van der Waals surface area contributed by atoms with Crippen LogP contribution in [0.5, 0.6) is 0 Å². The second-order valence-electron chi connectivity index (χ2n) is 3.58. The first kappa shape index (κ1) is 32.2. The van der Waals surface area contributed by atoms with Crippen molar-refractivity contribution in [2.45, 2.75) is 0 Å². The van der Waals surface area contributed by atoms with E-state index >= 15 is 0 Å². The van der Waals surface area contributed by atoms with Gasteiger partial charge < -0.3 is 15.1 Å². The number of benzene rings is 3. The quantitative estimate of drug-likeness (QED) is 0.336. The Morgan fingerprint density at radius 2 is 0.560 bits per heavy atom. The van der Waals surface area contributed by atoms with E-state index in [1.165, 1.54) is 0 Å². The fourth-order valence-electron chi connectivity index (χ4n) is 1.03. The summed E-state index contributed by atoms with van der Waals surface area (Å²) in [5.41, 5.74) is 0. The van der Waals surface area contributed by atoms with Gasteiger partial charge in [0.15, 0.2) is 0 Å². The molecule has 0 bridgehead atoms. The Morgan fingerprint density at radius 3 is 0.600 bits per heavy atom. The third-order valence-corrected chi connectivity index (χ3v) is 1.82. The minimum atomic E-state index is -2.17. The van der Waals surface area contributed by atoms with Crippen molar-refractivity contribution >= 4 is 7.32 Å². The molecule has 3 rings (SSSR count). The van der Waals surface area contributed by atoms with Crippen LogP contribution in [0.1, 0.15) is 0 Å². The second-order valence-corrected chi connectivity index (χ2v) is 3.58. The van der Waals surface area contributed by atoms with Gasteiger partial charge in [-0.2, -0.15) is 109 Å². The van der Waals surface area contributed by atoms with Crippen LogP contribution in [-0.2, 0) is 58.4 Å². The third-order valence-electron chi connectivity index (χ3n) is 1.82. The molecule has 3 nitrogen and oxygen atoms in total. The van der Waals surface area contributed by atoms with Gasteiger partial charge in [0.2, 0.25) is 0 Å². The van der Waals surface area contributed by atoms with Crippen molar-refractivity contribution in [1.29, 1.82) is 0 Å². The van der Waals surface area contributed by atoms with Crippen molar-refractivity contribution < 1.29 is 73.5 Å². The molecule has 25 heavy (non-hydrogen) atoms. The van der Waals surface area contributed by atoms with Gasteiger partial charge in [-0.05, 0) is 0 Å². The van der Waals surface area contributed by atoms with E-state index in [4.69, 9.17) is 15.1 Å². The van der Waals surface area contributed by atoms with Crippen LogP contribution in [-0.4, -0.2) is 22.4 Å². The Bertz CT molecular complexity index is 360. The molecule has 0 aliphatic carbocycles. The smallest absolute Gasteiger partial charge is 0.402 e. The first-order chi connectivity index (χ1) is 10.7. The standard InChI is InChI=1S/3C6H5.BH3O3.3Zn/c3*1-2-4-6-5-3-1;2-1(3)4;;;/h3*1-5H;2-4H;;;/q3*-1;;;;. The van der Waals surface area contributed by atoms with E-state index in [0.29, 0.717) is 0 Å². The molecule has 0 radical (unpaired) electrons. The summed E-state index contributed by atoms with van der Waals surface area (Å²) >= 11 is 0. The molecule has 0 saturated carbocycles. The van der Waals surface area contributed by atoms with Crippen molar-refractivity contribution in [3.05, 3.63) is 109 Å². The molecule has 0 saturated heterocycles. The Balaban J connectivity index is -0.000000114. The normalized spacial score (nSPS) is 6.84. The minimum Gasteiger partial charge on any atom is -0.402 e. The molecule has 0 unspecified atom stereocenters. The van der Waals surface area contributed by atoms with Crippen LogP contribution in [0.25, 0.3) is 0 Å². The van der Waals surface area contributed by atoms with Crippen LogP contribution in [0, 0.1) is 18.2 Å². The average Bonchev–Trinajstić information content (AvgIpc) is 2.60. The molecular formula is C18H18BO3Zn3-3. The Kier molecular flexibility index (Phi) is 36.4. The maximum absolute atomic E-state index is 7.17. The van der Waals surface area contributed by atoms with Crippen LogP contribution < -0.4 is 0 Å². The SMILES string of the molecule is OB(O)O.[Zn].[Zn].[Zn].[c-]1ccccc1.[c-]1ccccc1.[c-]1ccccc1. The van der Waals surface area contributed by atoms with Gasteiger partial charge >= 0.3 is 7.32 Å². The summed E-state index contributed by atoms with van der Waals surface area (Å²) < 4.78 is 0. The van der Waals surface area contributed by atoms with E-state index in [-0.39, 0.29) is 58.4 Å². The molecule has 0 fully saturated rings. The van der Waals surface area contributed by atoms with Gasteiger partial charge in [-0.25, -0.2) is 0 Å². The monoisotopic (exact) mass is 485 g/mol. The first-order valence-corrected chi connectivity index (χ1v) is 6.51. The minimum absolute atomic E-state index is 0. The van der Waals surface area contributed by atoms with Gasteiger partial charge in [0.05, 0.1) is 0 Å². The summed E-state index contributed by atoms with van der Waals surface area (Å²) in [6, 6.07) is 37.5. The summed E-state index contributed by atoms with van der Waals surface area (Å²) in [6.45, 7) is 0. The van der Waals surface area contributed by atoms with Gasteiger partial charge in [-0.15, -0.1) is 0 Å². The molecule has 0 heterocycles. The summed E-state index contributed by atoms with van der Waals surface area (Å²) in [5.74, 6) is 0. The Morgan fingerprint density at radius 1 is 0.400 bits per heavy atom. The first-order valence-electron chi connectivity index (χ1n) is 6.51. The van der Waals surface area contributed by atoms with Gasteiger partial charge in [0.1, 0.15) is 0 Å². The zero-order chi connectivity index (χ0) is 16.3. The van der Waals surface area contributed by atoms with Crippen LogP contribution >= 0.6 is 0 Å². The predicted molar refractivity (Wildman–Crippen MR) is 88.2 cm³/mol. The maximum atomic E-state index is 7.17. The summed E-state index contributed by atoms with van der Waals surface area (Å²) in [4.78, 5) is 0. The average molecular weight is 489 g/mol. The molecule has 3 N–H and O–H groups in total. The third kappa shape index (κ3) is 35.5. The molecule has 0 spiro atoms. The van der Waals surface area contributed by atoms with Crippen LogP contribution in [0.3, 0.4) is 0 Å². The molecule has 0 amide bonds. The fraction of sp³-hybridized carbons (Fsp3) is 0. The Hall–Kier alpha value is -0.525. The fourth-order valence-corrected chi connectivity index (χ4v) is 1.03. The molecule has 0 aliphatic rings. The van der Waals surface area contributed by atoms with Crippen LogP contribution in [0.15, 0.2) is 91.0 Å². The summed E-state index contributed by atoms with van der Waals surface area (Å²) in [7, 11) is -2.17. The van der Waals surface area contributed by atoms with Gasteiger partial charge in [-0.3, -0.25) is 0 Å². The topological polar surface area (TPSA) is 60.7 Å². The van der Waals surface area contributed by atoms with Crippen molar-refractivity contribution in [3.63, 3.8) is 0 Å². The number of hydrogen-bond acceptors (Lipinski definition) is 3. The Labute approximate surface area is 189 Å². The molecule has 0 aliphatic heterocycles. The second kappa shape index (κ2) is 28.3. The van der Waals surface area contributed by atoms with Crippen LogP contribution in [0.4, 0.5) is 0 Å². The zero-order valence-electron chi connectivity index (χ0n) is 14.2. The van der Waals surface area contributed by atoms with Crippen LogP contribution in [0.2, 0.25) is 0 Å². The van der Waals surface area contributed by atoms with Gasteiger partial charge in [0.25, 0.3) is 0 Å². The summed E-state index contributed by atoms with van der Waals surface area (Å²) in [5, 5.41) is 21.5. The van der Waals surface area contributed by atoms with Gasteiger partial charge in [-0.1, -0.05) is 0 Å². The molecule has 3 aromatic carbocycles. The molecule has 0 atom stereocenters. The molecule has 120 valence electrons. The van der Waals surface area contributed by atoms with E-state index in [1.807, 2.05) is 91.0 Å².